The van der Waals surface area contributed by atoms with Crippen molar-refractivity contribution < 1.29 is 14.7 Å². The average molecular weight is 336 g/mol. The molecule has 2 aromatic rings. The van der Waals surface area contributed by atoms with E-state index >= 15 is 0 Å². The summed E-state index contributed by atoms with van der Waals surface area (Å²) in [5.41, 5.74) is 0. The summed E-state index contributed by atoms with van der Waals surface area (Å²) in [5, 5.41) is 15.3. The molecule has 0 aliphatic heterocycles. The Morgan fingerprint density at radius 3 is 2.83 bits per heavy atom. The first kappa shape index (κ1) is 17.1. The Morgan fingerprint density at radius 1 is 1.26 bits per heavy atom. The van der Waals surface area contributed by atoms with Gasteiger partial charge < -0.3 is 15.7 Å². The minimum Gasteiger partial charge on any atom is -0.481 e. The van der Waals surface area contributed by atoms with E-state index in [0.29, 0.717) is 19.4 Å². The molecule has 0 saturated carbocycles. The number of hydrogen-bond acceptors (Lipinski definition) is 6. The number of aliphatic carboxylic acids is 1. The van der Waals surface area contributed by atoms with Crippen LogP contribution in [0, 0.1) is 0 Å². The van der Waals surface area contributed by atoms with Gasteiger partial charge in [-0.2, -0.15) is 0 Å². The number of amides is 1. The Morgan fingerprint density at radius 2 is 2.09 bits per heavy atom. The number of carbonyl (C=O) groups excluding carboxylic acids is 1. The van der Waals surface area contributed by atoms with E-state index in [1.54, 1.807) is 17.7 Å². The third-order valence-electron chi connectivity index (χ3n) is 3.26. The zero-order chi connectivity index (χ0) is 16.7. The maximum Gasteiger partial charge on any atom is 0.305 e. The van der Waals surface area contributed by atoms with Crippen LogP contribution in [0.2, 0.25) is 0 Å². The first-order valence-electron chi connectivity index (χ1n) is 7.56. The molecule has 2 heterocycles. The van der Waals surface area contributed by atoms with Gasteiger partial charge in [-0.3, -0.25) is 9.59 Å². The molecule has 0 saturated heterocycles. The van der Waals surface area contributed by atoms with E-state index in [1.807, 2.05) is 0 Å². The summed E-state index contributed by atoms with van der Waals surface area (Å²) in [5.74, 6) is -0.260. The van der Waals surface area contributed by atoms with Crippen LogP contribution in [0.4, 0.5) is 5.82 Å². The molecular formula is C15H20N4O3S. The molecule has 2 aromatic heterocycles. The maximum absolute atomic E-state index is 11.5. The lowest BCUT2D eigenvalue weighted by Gasteiger charge is -2.06. The fourth-order valence-electron chi connectivity index (χ4n) is 2.07. The van der Waals surface area contributed by atoms with Crippen LogP contribution in [0.15, 0.2) is 12.4 Å². The Balaban J connectivity index is 1.77. The summed E-state index contributed by atoms with van der Waals surface area (Å²) < 4.78 is 0. The van der Waals surface area contributed by atoms with Crippen molar-refractivity contribution in [1.29, 1.82) is 0 Å². The predicted octanol–water partition coefficient (Wildman–Crippen LogP) is 2.04. The first-order valence-corrected chi connectivity index (χ1v) is 8.37. The zero-order valence-corrected chi connectivity index (χ0v) is 13.8. The van der Waals surface area contributed by atoms with Gasteiger partial charge in [0.25, 0.3) is 0 Å². The van der Waals surface area contributed by atoms with Crippen LogP contribution in [0.25, 0.3) is 10.2 Å². The molecule has 0 radical (unpaired) electrons. The summed E-state index contributed by atoms with van der Waals surface area (Å²) in [4.78, 5) is 32.6. The molecule has 124 valence electrons. The van der Waals surface area contributed by atoms with Crippen LogP contribution in [0.3, 0.4) is 0 Å². The quantitative estimate of drug-likeness (QED) is 0.605. The normalized spacial score (nSPS) is 10.7. The molecule has 3 N–H and O–H groups in total. The lowest BCUT2D eigenvalue weighted by Crippen LogP contribution is -2.26. The highest BCUT2D eigenvalue weighted by molar-refractivity contribution is 7.18. The fourth-order valence-corrected chi connectivity index (χ4v) is 3.01. The number of rotatable bonds is 9. The van der Waals surface area contributed by atoms with Crippen molar-refractivity contribution in [3.63, 3.8) is 0 Å². The van der Waals surface area contributed by atoms with Crippen molar-refractivity contribution in [2.45, 2.75) is 32.6 Å². The molecule has 0 atom stereocenters. The van der Waals surface area contributed by atoms with Crippen molar-refractivity contribution in [3.8, 4) is 0 Å². The molecule has 0 aliphatic rings. The lowest BCUT2D eigenvalue weighted by molar-refractivity contribution is -0.136. The fraction of sp³-hybridized carbons (Fsp3) is 0.467. The third-order valence-corrected chi connectivity index (χ3v) is 4.45. The van der Waals surface area contributed by atoms with Crippen molar-refractivity contribution in [2.75, 3.05) is 18.4 Å². The highest BCUT2D eigenvalue weighted by Gasteiger charge is 2.08. The van der Waals surface area contributed by atoms with Crippen LogP contribution in [0.5, 0.6) is 0 Å². The molecular weight excluding hydrogens is 316 g/mol. The van der Waals surface area contributed by atoms with Crippen LogP contribution in [-0.2, 0) is 16.0 Å². The second kappa shape index (κ2) is 8.42. The third kappa shape index (κ3) is 5.17. The minimum atomic E-state index is -0.915. The predicted molar refractivity (Wildman–Crippen MR) is 89.8 cm³/mol. The van der Waals surface area contributed by atoms with Gasteiger partial charge in [0.15, 0.2) is 0 Å². The Kier molecular flexibility index (Phi) is 6.28. The van der Waals surface area contributed by atoms with Crippen LogP contribution >= 0.6 is 11.3 Å². The molecule has 1 amide bonds. The number of carbonyl (C=O) groups is 2. The molecule has 7 nitrogen and oxygen atoms in total. The van der Waals surface area contributed by atoms with Crippen molar-refractivity contribution in [3.05, 3.63) is 17.3 Å². The van der Waals surface area contributed by atoms with E-state index < -0.39 is 5.97 Å². The molecule has 2 rings (SSSR count). The Hall–Kier alpha value is -2.22. The lowest BCUT2D eigenvalue weighted by atomic mass is 10.2. The van der Waals surface area contributed by atoms with Crippen LogP contribution in [0.1, 0.15) is 31.1 Å². The maximum atomic E-state index is 11.5. The van der Waals surface area contributed by atoms with Crippen molar-refractivity contribution >= 4 is 39.2 Å². The summed E-state index contributed by atoms with van der Waals surface area (Å²) in [6, 6.07) is 2.10. The van der Waals surface area contributed by atoms with Gasteiger partial charge in [-0.05, 0) is 18.9 Å². The Bertz CT molecular complexity index is 686. The standard InChI is InChI=1S/C15H20N4O3S/c1-2-10-8-11-14(18-9-19-15(11)23-10)17-6-3-4-12(20)16-7-5-13(21)22/h8-9H,2-7H2,1H3,(H,16,20)(H,21,22)(H,17,18,19). The molecule has 8 heteroatoms. The highest BCUT2D eigenvalue weighted by atomic mass is 32.1. The first-order chi connectivity index (χ1) is 11.1. The van der Waals surface area contributed by atoms with Gasteiger partial charge >= 0.3 is 5.97 Å². The van der Waals surface area contributed by atoms with Gasteiger partial charge in [0, 0.05) is 24.4 Å². The largest absolute Gasteiger partial charge is 0.481 e. The van der Waals surface area contributed by atoms with Gasteiger partial charge in [0.2, 0.25) is 5.91 Å². The second-order valence-corrected chi connectivity index (χ2v) is 6.15. The molecule has 0 fully saturated rings. The molecule has 0 aromatic carbocycles. The second-order valence-electron chi connectivity index (χ2n) is 5.03. The number of nitrogens with zero attached hydrogens (tertiary/aromatic N) is 2. The zero-order valence-electron chi connectivity index (χ0n) is 13.0. The minimum absolute atomic E-state index is 0.0547. The molecule has 0 unspecified atom stereocenters. The molecule has 23 heavy (non-hydrogen) atoms. The van der Waals surface area contributed by atoms with Crippen molar-refractivity contribution in [2.24, 2.45) is 0 Å². The highest BCUT2D eigenvalue weighted by Crippen LogP contribution is 2.28. The number of thiophene rings is 1. The molecule has 0 spiro atoms. The number of anilines is 1. The summed E-state index contributed by atoms with van der Waals surface area (Å²) in [6.45, 7) is 2.90. The van der Waals surface area contributed by atoms with E-state index in [1.165, 1.54) is 4.88 Å². The van der Waals surface area contributed by atoms with Gasteiger partial charge in [-0.25, -0.2) is 9.97 Å². The topological polar surface area (TPSA) is 104 Å². The number of aromatic nitrogens is 2. The van der Waals surface area contributed by atoms with Gasteiger partial charge in [-0.1, -0.05) is 6.92 Å². The Labute approximate surface area is 138 Å². The number of carboxylic acid groups (broad SMARTS) is 1. The molecule has 0 bridgehead atoms. The number of nitrogens with one attached hydrogen (secondary N) is 2. The van der Waals surface area contributed by atoms with Crippen molar-refractivity contribution in [1.82, 2.24) is 15.3 Å². The van der Waals surface area contributed by atoms with Crippen LogP contribution in [-0.4, -0.2) is 40.0 Å². The number of fused-ring (bicyclic) bond motifs is 1. The number of hydrogen-bond donors (Lipinski definition) is 3. The van der Waals surface area contributed by atoms with E-state index in [4.69, 9.17) is 5.11 Å². The van der Waals surface area contributed by atoms with Gasteiger partial charge in [-0.15, -0.1) is 11.3 Å². The summed E-state index contributed by atoms with van der Waals surface area (Å²) in [7, 11) is 0. The van der Waals surface area contributed by atoms with E-state index in [2.05, 4.69) is 33.6 Å². The average Bonchev–Trinajstić information content (AvgIpc) is 2.95. The number of aryl methyl sites for hydroxylation is 1. The SMILES string of the molecule is CCc1cc2c(NCCCC(=O)NCCC(=O)O)ncnc2s1. The van der Waals surface area contributed by atoms with Crippen LogP contribution < -0.4 is 10.6 Å². The summed E-state index contributed by atoms with van der Waals surface area (Å²) >= 11 is 1.66. The molecule has 0 aliphatic carbocycles. The van der Waals surface area contributed by atoms with Gasteiger partial charge in [0.1, 0.15) is 17.0 Å². The smallest absolute Gasteiger partial charge is 0.305 e. The summed E-state index contributed by atoms with van der Waals surface area (Å²) in [6.07, 6.45) is 3.46. The monoisotopic (exact) mass is 336 g/mol. The van der Waals surface area contributed by atoms with E-state index in [0.717, 1.165) is 22.5 Å². The van der Waals surface area contributed by atoms with E-state index in [9.17, 15) is 9.59 Å². The van der Waals surface area contributed by atoms with Gasteiger partial charge in [0.05, 0.1) is 11.8 Å². The van der Waals surface area contributed by atoms with E-state index in [-0.39, 0.29) is 18.9 Å². The number of carboxylic acids is 1.